The van der Waals surface area contributed by atoms with Crippen molar-refractivity contribution in [3.05, 3.63) is 0 Å². The first-order valence-electron chi connectivity index (χ1n) is 5.63. The van der Waals surface area contributed by atoms with Gasteiger partial charge in [0.2, 0.25) is 0 Å². The fourth-order valence-corrected chi connectivity index (χ4v) is 2.35. The lowest BCUT2D eigenvalue weighted by Crippen LogP contribution is -2.61. The average molecular weight is 232 g/mol. The standard InChI is InChI=1S/C11H24N2OS/c1-9-6-12-11(3,4)8-13(9)7-10(2)15(5)14/h9-10,12H,6-8H2,1-5H3. The van der Waals surface area contributed by atoms with Gasteiger partial charge in [0.15, 0.2) is 0 Å². The maximum absolute atomic E-state index is 11.4. The Bertz CT molecular complexity index is 243. The van der Waals surface area contributed by atoms with Gasteiger partial charge in [0.05, 0.1) is 0 Å². The molecule has 1 N–H and O–H groups in total. The number of rotatable bonds is 3. The van der Waals surface area contributed by atoms with Crippen LogP contribution in [-0.4, -0.2) is 51.8 Å². The number of hydrogen-bond donors (Lipinski definition) is 1. The van der Waals surface area contributed by atoms with Crippen LogP contribution in [0.1, 0.15) is 27.7 Å². The maximum Gasteiger partial charge on any atom is 0.0444 e. The summed E-state index contributed by atoms with van der Waals surface area (Å²) in [7, 11) is -0.714. The highest BCUT2D eigenvalue weighted by Crippen LogP contribution is 2.15. The average Bonchev–Trinajstić information content (AvgIpc) is 2.11. The van der Waals surface area contributed by atoms with Crippen molar-refractivity contribution < 1.29 is 4.21 Å². The van der Waals surface area contributed by atoms with Crippen LogP contribution in [0.3, 0.4) is 0 Å². The molecule has 1 heterocycles. The van der Waals surface area contributed by atoms with Crippen molar-refractivity contribution in [3.8, 4) is 0 Å². The second-order valence-corrected chi connectivity index (χ2v) is 7.15. The zero-order valence-electron chi connectivity index (χ0n) is 10.5. The third-order valence-corrected chi connectivity index (χ3v) is 4.44. The van der Waals surface area contributed by atoms with E-state index in [0.29, 0.717) is 6.04 Å². The molecular weight excluding hydrogens is 208 g/mol. The Hall–Kier alpha value is 0.0700. The SMILES string of the molecule is CC1CNC(C)(C)CN1CC(C)S(C)=O. The highest BCUT2D eigenvalue weighted by molar-refractivity contribution is 7.84. The molecule has 1 saturated heterocycles. The van der Waals surface area contributed by atoms with Gasteiger partial charge >= 0.3 is 0 Å². The topological polar surface area (TPSA) is 32.3 Å². The molecular formula is C11H24N2OS. The van der Waals surface area contributed by atoms with Crippen LogP contribution in [0, 0.1) is 0 Å². The molecule has 15 heavy (non-hydrogen) atoms. The van der Waals surface area contributed by atoms with E-state index in [2.05, 4.69) is 37.9 Å². The summed E-state index contributed by atoms with van der Waals surface area (Å²) in [4.78, 5) is 2.45. The fourth-order valence-electron chi connectivity index (χ4n) is 1.95. The molecule has 0 amide bonds. The number of nitrogens with one attached hydrogen (secondary N) is 1. The third-order valence-electron chi connectivity index (χ3n) is 3.16. The van der Waals surface area contributed by atoms with Crippen molar-refractivity contribution in [1.29, 1.82) is 0 Å². The van der Waals surface area contributed by atoms with Gasteiger partial charge in [-0.2, -0.15) is 0 Å². The molecule has 3 unspecified atom stereocenters. The van der Waals surface area contributed by atoms with Crippen molar-refractivity contribution in [2.45, 2.75) is 44.5 Å². The van der Waals surface area contributed by atoms with E-state index < -0.39 is 10.8 Å². The fraction of sp³-hybridized carbons (Fsp3) is 1.00. The number of piperazine rings is 1. The van der Waals surface area contributed by atoms with Crippen molar-refractivity contribution in [2.75, 3.05) is 25.9 Å². The Kier molecular flexibility index (Phi) is 4.32. The lowest BCUT2D eigenvalue weighted by atomic mass is 9.99. The normalized spacial score (nSPS) is 31.1. The van der Waals surface area contributed by atoms with Gasteiger partial charge in [-0.15, -0.1) is 0 Å². The van der Waals surface area contributed by atoms with Gasteiger partial charge in [0.1, 0.15) is 0 Å². The minimum absolute atomic E-state index is 0.182. The van der Waals surface area contributed by atoms with Crippen molar-refractivity contribution in [2.24, 2.45) is 0 Å². The van der Waals surface area contributed by atoms with E-state index >= 15 is 0 Å². The van der Waals surface area contributed by atoms with Crippen LogP contribution in [0.25, 0.3) is 0 Å². The quantitative estimate of drug-likeness (QED) is 0.782. The van der Waals surface area contributed by atoms with Crippen molar-refractivity contribution >= 4 is 10.8 Å². The molecule has 0 aromatic rings. The first-order valence-corrected chi connectivity index (χ1v) is 7.25. The van der Waals surface area contributed by atoms with Crippen LogP contribution in [-0.2, 0) is 10.8 Å². The van der Waals surface area contributed by atoms with Crippen LogP contribution in [0.5, 0.6) is 0 Å². The van der Waals surface area contributed by atoms with Gasteiger partial charge < -0.3 is 5.32 Å². The Morgan fingerprint density at radius 2 is 2.20 bits per heavy atom. The van der Waals surface area contributed by atoms with E-state index in [1.165, 1.54) is 0 Å². The van der Waals surface area contributed by atoms with Crippen molar-refractivity contribution in [3.63, 3.8) is 0 Å². The van der Waals surface area contributed by atoms with E-state index in [-0.39, 0.29) is 10.8 Å². The van der Waals surface area contributed by atoms with Gasteiger partial charge in [0, 0.05) is 53.5 Å². The molecule has 90 valence electrons. The summed E-state index contributed by atoms with van der Waals surface area (Å²) >= 11 is 0. The van der Waals surface area contributed by atoms with E-state index in [0.717, 1.165) is 19.6 Å². The summed E-state index contributed by atoms with van der Waals surface area (Å²) < 4.78 is 11.4. The van der Waals surface area contributed by atoms with Gasteiger partial charge in [-0.3, -0.25) is 9.11 Å². The molecule has 0 bridgehead atoms. The summed E-state index contributed by atoms with van der Waals surface area (Å²) in [5.74, 6) is 0. The highest BCUT2D eigenvalue weighted by Gasteiger charge is 2.31. The molecule has 4 heteroatoms. The summed E-state index contributed by atoms with van der Waals surface area (Å²) in [5, 5.41) is 3.79. The smallest absolute Gasteiger partial charge is 0.0444 e. The van der Waals surface area contributed by atoms with Crippen LogP contribution in [0.15, 0.2) is 0 Å². The van der Waals surface area contributed by atoms with Crippen LogP contribution < -0.4 is 5.32 Å². The molecule has 1 aliphatic rings. The lowest BCUT2D eigenvalue weighted by molar-refractivity contribution is 0.106. The Morgan fingerprint density at radius 1 is 1.60 bits per heavy atom. The number of nitrogens with zero attached hydrogens (tertiary/aromatic N) is 1. The first-order chi connectivity index (χ1) is 6.82. The zero-order chi connectivity index (χ0) is 11.6. The third kappa shape index (κ3) is 3.85. The van der Waals surface area contributed by atoms with Crippen LogP contribution >= 0.6 is 0 Å². The van der Waals surface area contributed by atoms with Gasteiger partial charge in [0.25, 0.3) is 0 Å². The second-order valence-electron chi connectivity index (χ2n) is 5.35. The van der Waals surface area contributed by atoms with E-state index in [1.54, 1.807) is 6.26 Å². The Labute approximate surface area is 96.1 Å². The minimum atomic E-state index is -0.714. The predicted octanol–water partition coefficient (Wildman–Crippen LogP) is 0.826. The molecule has 0 radical (unpaired) electrons. The molecule has 3 atom stereocenters. The number of hydrogen-bond acceptors (Lipinski definition) is 3. The summed E-state index contributed by atoms with van der Waals surface area (Å²) in [5.41, 5.74) is 0.182. The van der Waals surface area contributed by atoms with Gasteiger partial charge in [-0.25, -0.2) is 0 Å². The Morgan fingerprint density at radius 3 is 2.73 bits per heavy atom. The first kappa shape index (κ1) is 13.1. The van der Waals surface area contributed by atoms with Crippen LogP contribution in [0.4, 0.5) is 0 Å². The predicted molar refractivity (Wildman–Crippen MR) is 66.6 cm³/mol. The van der Waals surface area contributed by atoms with Gasteiger partial charge in [-0.05, 0) is 27.7 Å². The Balaban J connectivity index is 2.55. The summed E-state index contributed by atoms with van der Waals surface area (Å²) in [6.45, 7) is 11.7. The molecule has 1 fully saturated rings. The molecule has 3 nitrogen and oxygen atoms in total. The minimum Gasteiger partial charge on any atom is -0.309 e. The zero-order valence-corrected chi connectivity index (χ0v) is 11.4. The maximum atomic E-state index is 11.4. The molecule has 1 rings (SSSR count). The van der Waals surface area contributed by atoms with Gasteiger partial charge in [-0.1, -0.05) is 0 Å². The van der Waals surface area contributed by atoms with Crippen molar-refractivity contribution in [1.82, 2.24) is 10.2 Å². The molecule has 0 aromatic heterocycles. The monoisotopic (exact) mass is 232 g/mol. The second kappa shape index (κ2) is 4.93. The lowest BCUT2D eigenvalue weighted by Gasteiger charge is -2.44. The molecule has 0 saturated carbocycles. The highest BCUT2D eigenvalue weighted by atomic mass is 32.2. The van der Waals surface area contributed by atoms with E-state index in [4.69, 9.17) is 0 Å². The molecule has 1 aliphatic heterocycles. The molecule has 0 spiro atoms. The van der Waals surface area contributed by atoms with Crippen LogP contribution in [0.2, 0.25) is 0 Å². The van der Waals surface area contributed by atoms with E-state index in [9.17, 15) is 4.21 Å². The molecule has 0 aromatic carbocycles. The largest absolute Gasteiger partial charge is 0.309 e. The van der Waals surface area contributed by atoms with E-state index in [1.807, 2.05) is 0 Å². The summed E-state index contributed by atoms with van der Waals surface area (Å²) in [6, 6.07) is 0.545. The molecule has 0 aliphatic carbocycles. The summed E-state index contributed by atoms with van der Waals surface area (Å²) in [6.07, 6.45) is 1.79.